The van der Waals surface area contributed by atoms with Crippen LogP contribution in [-0.2, 0) is 6.54 Å². The van der Waals surface area contributed by atoms with Crippen molar-refractivity contribution in [1.82, 2.24) is 10.6 Å². The van der Waals surface area contributed by atoms with Crippen LogP contribution in [0.3, 0.4) is 0 Å². The lowest BCUT2D eigenvalue weighted by Crippen LogP contribution is -2.34. The van der Waals surface area contributed by atoms with Crippen LogP contribution in [0.25, 0.3) is 0 Å². The molecule has 0 bridgehead atoms. The van der Waals surface area contributed by atoms with Crippen LogP contribution in [0.5, 0.6) is 5.75 Å². The van der Waals surface area contributed by atoms with Crippen LogP contribution in [0.4, 0.5) is 5.69 Å². The quantitative estimate of drug-likeness (QED) is 0.502. The Hall–Kier alpha value is -3.65. The summed E-state index contributed by atoms with van der Waals surface area (Å²) in [5.74, 6) is 0.659. The lowest BCUT2D eigenvalue weighted by atomic mass is 10.2. The second kappa shape index (κ2) is 10.2. The van der Waals surface area contributed by atoms with E-state index in [0.717, 1.165) is 0 Å². The average molecular weight is 423 g/mol. The van der Waals surface area contributed by atoms with Crippen molar-refractivity contribution in [3.8, 4) is 5.75 Å². The Kier molecular flexibility index (Phi) is 7.18. The second-order valence-corrected chi connectivity index (χ2v) is 6.62. The highest BCUT2D eigenvalue weighted by Gasteiger charge is 2.11. The minimum atomic E-state index is -0.360. The van der Waals surface area contributed by atoms with Gasteiger partial charge in [0.1, 0.15) is 11.5 Å². The molecule has 3 aromatic rings. The van der Waals surface area contributed by atoms with Crippen molar-refractivity contribution in [3.05, 3.63) is 83.8 Å². The fourth-order valence-corrected chi connectivity index (χ4v) is 2.86. The molecule has 2 aromatic carbocycles. The summed E-state index contributed by atoms with van der Waals surface area (Å²) >= 11 is 5.22. The Morgan fingerprint density at radius 1 is 1.00 bits per heavy atom. The molecule has 154 valence electrons. The van der Waals surface area contributed by atoms with Gasteiger partial charge in [-0.15, -0.1) is 0 Å². The first-order valence-electron chi connectivity index (χ1n) is 9.31. The largest absolute Gasteiger partial charge is 0.494 e. The van der Waals surface area contributed by atoms with Crippen LogP contribution < -0.4 is 20.7 Å². The van der Waals surface area contributed by atoms with Crippen molar-refractivity contribution in [1.29, 1.82) is 0 Å². The molecular weight excluding hydrogens is 402 g/mol. The van der Waals surface area contributed by atoms with Crippen LogP contribution in [0.2, 0.25) is 0 Å². The number of hydrogen-bond donors (Lipinski definition) is 3. The third-order valence-electron chi connectivity index (χ3n) is 4.02. The number of nitrogens with one attached hydrogen (secondary N) is 3. The summed E-state index contributed by atoms with van der Waals surface area (Å²) in [6.07, 6.45) is 1.55. The zero-order valence-electron chi connectivity index (χ0n) is 16.3. The molecule has 8 heteroatoms. The van der Waals surface area contributed by atoms with Gasteiger partial charge in [-0.2, -0.15) is 0 Å². The normalized spacial score (nSPS) is 10.2. The first kappa shape index (κ1) is 21.1. The molecule has 1 aromatic heterocycles. The molecule has 0 unspecified atom stereocenters. The molecule has 3 N–H and O–H groups in total. The van der Waals surface area contributed by atoms with Crippen LogP contribution >= 0.6 is 12.2 Å². The Bertz CT molecular complexity index is 1030. The lowest BCUT2D eigenvalue weighted by Gasteiger charge is -2.11. The summed E-state index contributed by atoms with van der Waals surface area (Å²) < 4.78 is 10.6. The number of benzene rings is 2. The predicted octanol–water partition coefficient (Wildman–Crippen LogP) is 3.74. The van der Waals surface area contributed by atoms with Crippen molar-refractivity contribution in [3.63, 3.8) is 0 Å². The molecule has 30 heavy (non-hydrogen) atoms. The first-order valence-corrected chi connectivity index (χ1v) is 9.72. The third kappa shape index (κ3) is 5.92. The molecule has 3 rings (SSSR count). The summed E-state index contributed by atoms with van der Waals surface area (Å²) in [6, 6.07) is 17.2. The summed E-state index contributed by atoms with van der Waals surface area (Å²) in [6.45, 7) is 2.67. The second-order valence-electron chi connectivity index (χ2n) is 6.21. The minimum absolute atomic E-state index is 0.120. The van der Waals surface area contributed by atoms with E-state index in [1.807, 2.05) is 6.92 Å². The molecule has 0 aliphatic rings. The zero-order valence-corrected chi connectivity index (χ0v) is 17.1. The van der Waals surface area contributed by atoms with Crippen molar-refractivity contribution >= 4 is 34.8 Å². The van der Waals surface area contributed by atoms with Crippen molar-refractivity contribution in [2.75, 3.05) is 11.9 Å². The van der Waals surface area contributed by atoms with Gasteiger partial charge in [-0.1, -0.05) is 12.1 Å². The first-order chi connectivity index (χ1) is 14.5. The highest BCUT2D eigenvalue weighted by molar-refractivity contribution is 7.80. The van der Waals surface area contributed by atoms with E-state index in [1.54, 1.807) is 66.9 Å². The lowest BCUT2D eigenvalue weighted by molar-refractivity contribution is 0.0946. The number of thiocarbonyl (C=S) groups is 1. The fraction of sp³-hybridized carbons (Fsp3) is 0.136. The number of carbonyl (C=O) groups is 2. The van der Waals surface area contributed by atoms with Crippen molar-refractivity contribution in [2.45, 2.75) is 13.5 Å². The molecule has 0 saturated heterocycles. The number of ether oxygens (including phenoxy) is 1. The van der Waals surface area contributed by atoms with Gasteiger partial charge in [0, 0.05) is 16.8 Å². The number of anilines is 1. The highest BCUT2D eigenvalue weighted by atomic mass is 32.1. The van der Waals surface area contributed by atoms with Gasteiger partial charge in [0.2, 0.25) is 0 Å². The fourth-order valence-electron chi connectivity index (χ4n) is 2.65. The van der Waals surface area contributed by atoms with Crippen LogP contribution in [0, 0.1) is 0 Å². The van der Waals surface area contributed by atoms with Crippen molar-refractivity contribution < 1.29 is 18.7 Å². The Balaban J connectivity index is 1.57. The monoisotopic (exact) mass is 423 g/mol. The van der Waals surface area contributed by atoms with E-state index >= 15 is 0 Å². The van der Waals surface area contributed by atoms with Gasteiger partial charge in [-0.3, -0.25) is 14.9 Å². The highest BCUT2D eigenvalue weighted by Crippen LogP contribution is 2.14. The summed E-state index contributed by atoms with van der Waals surface area (Å²) in [7, 11) is 0. The maximum atomic E-state index is 12.4. The maximum Gasteiger partial charge on any atom is 0.257 e. The number of hydrogen-bond acceptors (Lipinski definition) is 5. The van der Waals surface area contributed by atoms with E-state index in [2.05, 4.69) is 16.0 Å². The van der Waals surface area contributed by atoms with Gasteiger partial charge in [-0.25, -0.2) is 0 Å². The molecular formula is C22H21N3O4S. The number of furan rings is 1. The molecule has 2 amide bonds. The molecule has 0 atom stereocenters. The van der Waals surface area contributed by atoms with Gasteiger partial charge < -0.3 is 19.8 Å². The molecule has 0 spiro atoms. The van der Waals surface area contributed by atoms with E-state index < -0.39 is 0 Å². The topological polar surface area (TPSA) is 92.6 Å². The molecule has 0 aliphatic heterocycles. The standard InChI is InChI=1S/C22H21N3O4S/c1-2-28-18-9-4-7-16(13-18)21(27)25-22(30)24-17-8-3-6-15(12-17)20(26)23-14-19-10-5-11-29-19/h3-13H,2,14H2,1H3,(H,23,26)(H2,24,25,27,30). The Labute approximate surface area is 179 Å². The Morgan fingerprint density at radius 3 is 2.50 bits per heavy atom. The van der Waals surface area contributed by atoms with Gasteiger partial charge in [-0.05, 0) is 67.7 Å². The van der Waals surface area contributed by atoms with Crippen LogP contribution in [0.1, 0.15) is 33.4 Å². The van der Waals surface area contributed by atoms with Gasteiger partial charge >= 0.3 is 0 Å². The average Bonchev–Trinajstić information content (AvgIpc) is 3.26. The number of carbonyl (C=O) groups excluding carboxylic acids is 2. The van der Waals surface area contributed by atoms with Crippen LogP contribution in [-0.4, -0.2) is 23.5 Å². The molecule has 7 nitrogen and oxygen atoms in total. The number of amides is 2. The number of rotatable bonds is 7. The predicted molar refractivity (Wildman–Crippen MR) is 118 cm³/mol. The van der Waals surface area contributed by atoms with E-state index in [-0.39, 0.29) is 16.9 Å². The van der Waals surface area contributed by atoms with E-state index in [1.165, 1.54) is 0 Å². The maximum absolute atomic E-state index is 12.4. The van der Waals surface area contributed by atoms with E-state index in [9.17, 15) is 9.59 Å². The summed E-state index contributed by atoms with van der Waals surface area (Å²) in [4.78, 5) is 24.7. The molecule has 0 radical (unpaired) electrons. The van der Waals surface area contributed by atoms with Gasteiger partial charge in [0.05, 0.1) is 19.4 Å². The van der Waals surface area contributed by atoms with E-state index in [0.29, 0.717) is 41.5 Å². The molecule has 0 saturated carbocycles. The minimum Gasteiger partial charge on any atom is -0.494 e. The summed E-state index contributed by atoms with van der Waals surface area (Å²) in [5, 5.41) is 8.43. The van der Waals surface area contributed by atoms with Crippen LogP contribution in [0.15, 0.2) is 71.3 Å². The SMILES string of the molecule is CCOc1cccc(C(=O)NC(=S)Nc2cccc(C(=O)NCc3ccco3)c2)c1. The smallest absolute Gasteiger partial charge is 0.257 e. The third-order valence-corrected chi connectivity index (χ3v) is 4.22. The van der Waals surface area contributed by atoms with Crippen molar-refractivity contribution in [2.24, 2.45) is 0 Å². The molecule has 1 heterocycles. The zero-order chi connectivity index (χ0) is 21.3. The molecule has 0 fully saturated rings. The Morgan fingerprint density at radius 2 is 1.77 bits per heavy atom. The van der Waals surface area contributed by atoms with Gasteiger partial charge in [0.15, 0.2) is 5.11 Å². The van der Waals surface area contributed by atoms with E-state index in [4.69, 9.17) is 21.4 Å². The molecule has 0 aliphatic carbocycles. The van der Waals surface area contributed by atoms with Gasteiger partial charge in [0.25, 0.3) is 11.8 Å². The summed E-state index contributed by atoms with van der Waals surface area (Å²) in [5.41, 5.74) is 1.45.